The van der Waals surface area contributed by atoms with Crippen molar-refractivity contribution in [1.82, 2.24) is 5.32 Å². The maximum Gasteiger partial charge on any atom is 0.151 e. The summed E-state index contributed by atoms with van der Waals surface area (Å²) < 4.78 is 22.3. The van der Waals surface area contributed by atoms with Crippen molar-refractivity contribution in [3.8, 4) is 0 Å². The molecule has 11 heavy (non-hydrogen) atoms. The predicted molar refractivity (Wildman–Crippen MR) is 43.2 cm³/mol. The molecule has 2 saturated heterocycles. The highest BCUT2D eigenvalue weighted by Gasteiger charge is 2.35. The van der Waals surface area contributed by atoms with E-state index in [0.29, 0.717) is 17.4 Å². The Hall–Kier alpha value is -0.0900. The number of fused-ring (bicyclic) bond motifs is 1. The van der Waals surface area contributed by atoms with Gasteiger partial charge in [-0.3, -0.25) is 0 Å². The molecule has 2 aliphatic rings. The zero-order valence-corrected chi connectivity index (χ0v) is 7.23. The van der Waals surface area contributed by atoms with Crippen molar-refractivity contribution < 1.29 is 8.42 Å². The molecule has 1 N–H and O–H groups in total. The van der Waals surface area contributed by atoms with Crippen LogP contribution in [0.25, 0.3) is 0 Å². The van der Waals surface area contributed by atoms with Crippen LogP contribution in [0, 0.1) is 5.92 Å². The number of hydrogen-bond donors (Lipinski definition) is 1. The first-order valence-corrected chi connectivity index (χ1v) is 5.93. The number of hydrogen-bond acceptors (Lipinski definition) is 3. The Bertz CT molecular complexity index is 247. The molecule has 3 nitrogen and oxygen atoms in total. The topological polar surface area (TPSA) is 46.2 Å². The molecule has 0 amide bonds. The van der Waals surface area contributed by atoms with Gasteiger partial charge in [0.1, 0.15) is 0 Å². The fourth-order valence-corrected chi connectivity index (χ4v) is 3.82. The molecule has 4 heteroatoms. The minimum absolute atomic E-state index is 0.272. The average Bonchev–Trinajstić information content (AvgIpc) is 2.31. The van der Waals surface area contributed by atoms with E-state index in [-0.39, 0.29) is 6.04 Å². The molecule has 2 aliphatic heterocycles. The largest absolute Gasteiger partial charge is 0.313 e. The van der Waals surface area contributed by atoms with Gasteiger partial charge in [-0.1, -0.05) is 0 Å². The van der Waals surface area contributed by atoms with Gasteiger partial charge in [-0.05, 0) is 25.3 Å². The molecule has 0 aromatic carbocycles. The summed E-state index contributed by atoms with van der Waals surface area (Å²) in [6.07, 6.45) is 2.04. The fourth-order valence-electron chi connectivity index (χ4n) is 2.05. The molecule has 0 bridgehead atoms. The highest BCUT2D eigenvalue weighted by molar-refractivity contribution is 7.91. The lowest BCUT2D eigenvalue weighted by molar-refractivity contribution is 0.437. The third-order valence-electron chi connectivity index (χ3n) is 2.72. The van der Waals surface area contributed by atoms with Gasteiger partial charge in [0, 0.05) is 6.04 Å². The molecular formula is C7H13NO2S. The standard InChI is InChI=1S/C7H13NO2S/c9-11(10)4-2-6-1-3-8-7(6)5-11/h6-8H,1-5H2. The van der Waals surface area contributed by atoms with Crippen molar-refractivity contribution in [2.24, 2.45) is 5.92 Å². The lowest BCUT2D eigenvalue weighted by atomic mass is 9.99. The summed E-state index contributed by atoms with van der Waals surface area (Å²) in [6.45, 7) is 1.00. The van der Waals surface area contributed by atoms with Crippen molar-refractivity contribution in [2.75, 3.05) is 18.1 Å². The van der Waals surface area contributed by atoms with Crippen LogP contribution in [-0.2, 0) is 9.84 Å². The molecule has 2 heterocycles. The van der Waals surface area contributed by atoms with Crippen molar-refractivity contribution in [3.05, 3.63) is 0 Å². The van der Waals surface area contributed by atoms with Crippen LogP contribution in [0.1, 0.15) is 12.8 Å². The van der Waals surface area contributed by atoms with E-state index in [1.54, 1.807) is 0 Å². The zero-order chi connectivity index (χ0) is 7.90. The van der Waals surface area contributed by atoms with Crippen LogP contribution in [0.4, 0.5) is 0 Å². The van der Waals surface area contributed by atoms with Gasteiger partial charge in [0.2, 0.25) is 0 Å². The fraction of sp³-hybridized carbons (Fsp3) is 1.00. The maximum atomic E-state index is 11.2. The molecular weight excluding hydrogens is 162 g/mol. The Labute approximate surface area is 67.1 Å². The van der Waals surface area contributed by atoms with Crippen LogP contribution in [0.15, 0.2) is 0 Å². The first-order chi connectivity index (χ1) is 5.17. The van der Waals surface area contributed by atoms with Crippen LogP contribution in [-0.4, -0.2) is 32.5 Å². The average molecular weight is 175 g/mol. The minimum Gasteiger partial charge on any atom is -0.313 e. The zero-order valence-electron chi connectivity index (χ0n) is 6.41. The van der Waals surface area contributed by atoms with E-state index < -0.39 is 9.84 Å². The molecule has 0 radical (unpaired) electrons. The Morgan fingerprint density at radius 1 is 1.27 bits per heavy atom. The van der Waals surface area contributed by atoms with Crippen LogP contribution < -0.4 is 5.32 Å². The molecule has 0 aliphatic carbocycles. The second-order valence-corrected chi connectivity index (χ2v) is 5.74. The summed E-state index contributed by atoms with van der Waals surface area (Å²) in [5.41, 5.74) is 0. The van der Waals surface area contributed by atoms with Gasteiger partial charge in [-0.25, -0.2) is 8.42 Å². The molecule has 2 unspecified atom stereocenters. The summed E-state index contributed by atoms with van der Waals surface area (Å²) in [6, 6.07) is 0.272. The predicted octanol–water partition coefficient (Wildman–Crippen LogP) is -0.217. The van der Waals surface area contributed by atoms with Crippen molar-refractivity contribution in [1.29, 1.82) is 0 Å². The van der Waals surface area contributed by atoms with E-state index in [4.69, 9.17) is 0 Å². The van der Waals surface area contributed by atoms with E-state index in [9.17, 15) is 8.42 Å². The van der Waals surface area contributed by atoms with Crippen LogP contribution >= 0.6 is 0 Å². The summed E-state index contributed by atoms with van der Waals surface area (Å²) in [7, 11) is -2.70. The Morgan fingerprint density at radius 3 is 2.91 bits per heavy atom. The first kappa shape index (κ1) is 7.55. The van der Waals surface area contributed by atoms with E-state index in [1.807, 2.05) is 0 Å². The first-order valence-electron chi connectivity index (χ1n) is 4.11. The van der Waals surface area contributed by atoms with Gasteiger partial charge in [0.25, 0.3) is 0 Å². The summed E-state index contributed by atoms with van der Waals surface area (Å²) >= 11 is 0. The molecule has 0 aromatic rings. The smallest absolute Gasteiger partial charge is 0.151 e. The summed E-state index contributed by atoms with van der Waals surface area (Å²) in [5, 5.41) is 3.23. The molecule has 0 saturated carbocycles. The molecule has 2 atom stereocenters. The monoisotopic (exact) mass is 175 g/mol. The van der Waals surface area contributed by atoms with E-state index in [0.717, 1.165) is 13.0 Å². The minimum atomic E-state index is -2.70. The van der Waals surface area contributed by atoms with Gasteiger partial charge >= 0.3 is 0 Å². The number of sulfone groups is 1. The summed E-state index contributed by atoms with van der Waals surface area (Å²) in [5.74, 6) is 1.42. The van der Waals surface area contributed by atoms with Crippen LogP contribution in [0.5, 0.6) is 0 Å². The van der Waals surface area contributed by atoms with Crippen LogP contribution in [0.2, 0.25) is 0 Å². The third kappa shape index (κ3) is 1.42. The van der Waals surface area contributed by atoms with Crippen LogP contribution in [0.3, 0.4) is 0 Å². The second-order valence-electron chi connectivity index (χ2n) is 3.51. The van der Waals surface area contributed by atoms with Gasteiger partial charge in [0.15, 0.2) is 9.84 Å². The quantitative estimate of drug-likeness (QED) is 0.554. The Balaban J connectivity index is 2.14. The van der Waals surface area contributed by atoms with E-state index in [2.05, 4.69) is 5.32 Å². The molecule has 64 valence electrons. The van der Waals surface area contributed by atoms with E-state index >= 15 is 0 Å². The van der Waals surface area contributed by atoms with Crippen molar-refractivity contribution >= 4 is 9.84 Å². The highest BCUT2D eigenvalue weighted by atomic mass is 32.2. The Kier molecular flexibility index (Phi) is 1.68. The summed E-state index contributed by atoms with van der Waals surface area (Å²) in [4.78, 5) is 0. The normalized spacial score (nSPS) is 41.8. The second kappa shape index (κ2) is 2.45. The van der Waals surface area contributed by atoms with E-state index in [1.165, 1.54) is 6.42 Å². The third-order valence-corrected chi connectivity index (χ3v) is 4.45. The lowest BCUT2D eigenvalue weighted by Crippen LogP contribution is -2.40. The molecule has 2 rings (SSSR count). The van der Waals surface area contributed by atoms with Gasteiger partial charge in [-0.2, -0.15) is 0 Å². The van der Waals surface area contributed by atoms with Gasteiger partial charge in [0.05, 0.1) is 11.5 Å². The highest BCUT2D eigenvalue weighted by Crippen LogP contribution is 2.25. The maximum absolute atomic E-state index is 11.2. The molecule has 0 spiro atoms. The molecule has 0 aromatic heterocycles. The van der Waals surface area contributed by atoms with Gasteiger partial charge < -0.3 is 5.32 Å². The number of rotatable bonds is 0. The SMILES string of the molecule is O=S1(=O)CCC2CCNC2C1. The number of nitrogens with one attached hydrogen (secondary N) is 1. The lowest BCUT2D eigenvalue weighted by Gasteiger charge is -2.24. The Morgan fingerprint density at radius 2 is 2.09 bits per heavy atom. The van der Waals surface area contributed by atoms with Crippen molar-refractivity contribution in [2.45, 2.75) is 18.9 Å². The van der Waals surface area contributed by atoms with Crippen molar-refractivity contribution in [3.63, 3.8) is 0 Å². The van der Waals surface area contributed by atoms with Gasteiger partial charge in [-0.15, -0.1) is 0 Å². The molecule has 2 fully saturated rings.